The topological polar surface area (TPSA) is 57.6 Å². The minimum absolute atomic E-state index is 0.00470. The third-order valence-electron chi connectivity index (χ3n) is 3.63. The van der Waals surface area contributed by atoms with Gasteiger partial charge < -0.3 is 10.0 Å². The SMILES string of the molecule is CCC(C)N(CC)C(=O)c1cc(C=CC(=O)O)ccc1C. The van der Waals surface area contributed by atoms with Crippen LogP contribution in [0.25, 0.3) is 6.08 Å². The number of amides is 1. The van der Waals surface area contributed by atoms with Crippen molar-refractivity contribution >= 4 is 18.0 Å². The molecule has 1 aromatic carbocycles. The Balaban J connectivity index is 3.13. The Morgan fingerprint density at radius 3 is 2.52 bits per heavy atom. The van der Waals surface area contributed by atoms with E-state index in [-0.39, 0.29) is 11.9 Å². The fraction of sp³-hybridized carbons (Fsp3) is 0.412. The van der Waals surface area contributed by atoms with Crippen LogP contribution < -0.4 is 0 Å². The fourth-order valence-corrected chi connectivity index (χ4v) is 2.17. The minimum Gasteiger partial charge on any atom is -0.478 e. The zero-order valence-corrected chi connectivity index (χ0v) is 13.1. The largest absolute Gasteiger partial charge is 0.478 e. The second kappa shape index (κ2) is 7.62. The second-order valence-corrected chi connectivity index (χ2v) is 5.09. The Morgan fingerprint density at radius 1 is 1.33 bits per heavy atom. The molecule has 1 atom stereocenters. The quantitative estimate of drug-likeness (QED) is 0.817. The van der Waals surface area contributed by atoms with Crippen molar-refractivity contribution in [2.24, 2.45) is 0 Å². The average Bonchev–Trinajstić information content (AvgIpc) is 2.46. The first kappa shape index (κ1) is 17.0. The summed E-state index contributed by atoms with van der Waals surface area (Å²) in [7, 11) is 0. The molecule has 0 aliphatic heterocycles. The Bertz CT molecular complexity index is 549. The van der Waals surface area contributed by atoms with E-state index in [1.165, 1.54) is 6.08 Å². The first-order valence-electron chi connectivity index (χ1n) is 7.23. The maximum absolute atomic E-state index is 12.7. The van der Waals surface area contributed by atoms with Crippen LogP contribution >= 0.6 is 0 Å². The number of carbonyl (C=O) groups excluding carboxylic acids is 1. The lowest BCUT2D eigenvalue weighted by molar-refractivity contribution is -0.131. The van der Waals surface area contributed by atoms with Crippen LogP contribution in [0.3, 0.4) is 0 Å². The predicted molar refractivity (Wildman–Crippen MR) is 84.3 cm³/mol. The number of carboxylic acid groups (broad SMARTS) is 1. The highest BCUT2D eigenvalue weighted by Crippen LogP contribution is 2.17. The van der Waals surface area contributed by atoms with Gasteiger partial charge in [-0.1, -0.05) is 19.1 Å². The molecule has 0 saturated carbocycles. The number of carboxylic acids is 1. The first-order chi connectivity index (χ1) is 9.90. The van der Waals surface area contributed by atoms with Gasteiger partial charge in [-0.2, -0.15) is 0 Å². The van der Waals surface area contributed by atoms with Crippen molar-refractivity contribution in [1.82, 2.24) is 4.90 Å². The molecule has 0 spiro atoms. The van der Waals surface area contributed by atoms with Gasteiger partial charge in [0.25, 0.3) is 5.91 Å². The molecule has 0 bridgehead atoms. The van der Waals surface area contributed by atoms with Gasteiger partial charge in [0.2, 0.25) is 0 Å². The van der Waals surface area contributed by atoms with Gasteiger partial charge in [-0.25, -0.2) is 4.79 Å². The van der Waals surface area contributed by atoms with Crippen LogP contribution in [0.2, 0.25) is 0 Å². The highest BCUT2D eigenvalue weighted by molar-refractivity contribution is 5.96. The molecule has 4 nitrogen and oxygen atoms in total. The fourth-order valence-electron chi connectivity index (χ4n) is 2.17. The van der Waals surface area contributed by atoms with E-state index < -0.39 is 5.97 Å². The van der Waals surface area contributed by atoms with Crippen molar-refractivity contribution < 1.29 is 14.7 Å². The smallest absolute Gasteiger partial charge is 0.328 e. The molecule has 0 heterocycles. The number of aryl methyl sites for hydroxylation is 1. The summed E-state index contributed by atoms with van der Waals surface area (Å²) in [5, 5.41) is 8.68. The number of carbonyl (C=O) groups is 2. The molecule has 21 heavy (non-hydrogen) atoms. The molecule has 1 N–H and O–H groups in total. The van der Waals surface area contributed by atoms with Gasteiger partial charge in [0.15, 0.2) is 0 Å². The van der Waals surface area contributed by atoms with E-state index in [4.69, 9.17) is 5.11 Å². The third-order valence-corrected chi connectivity index (χ3v) is 3.63. The van der Waals surface area contributed by atoms with Crippen LogP contribution in [0, 0.1) is 6.92 Å². The molecule has 0 radical (unpaired) electrons. The lowest BCUT2D eigenvalue weighted by atomic mass is 10.0. The molecule has 1 unspecified atom stereocenters. The summed E-state index contributed by atoms with van der Waals surface area (Å²) in [4.78, 5) is 25.1. The van der Waals surface area contributed by atoms with E-state index in [1.807, 2.05) is 37.8 Å². The van der Waals surface area contributed by atoms with Crippen LogP contribution in [0.15, 0.2) is 24.3 Å². The zero-order valence-electron chi connectivity index (χ0n) is 13.1. The second-order valence-electron chi connectivity index (χ2n) is 5.09. The van der Waals surface area contributed by atoms with Crippen LogP contribution in [0.5, 0.6) is 0 Å². The maximum Gasteiger partial charge on any atom is 0.328 e. The highest BCUT2D eigenvalue weighted by Gasteiger charge is 2.20. The monoisotopic (exact) mass is 289 g/mol. The molecule has 4 heteroatoms. The Morgan fingerprint density at radius 2 is 2.00 bits per heavy atom. The third kappa shape index (κ3) is 4.45. The number of benzene rings is 1. The average molecular weight is 289 g/mol. The van der Waals surface area contributed by atoms with Crippen molar-refractivity contribution in [2.45, 2.75) is 40.2 Å². The van der Waals surface area contributed by atoms with Gasteiger partial charge in [-0.3, -0.25) is 4.79 Å². The Labute approximate surface area is 126 Å². The molecule has 0 aromatic heterocycles. The van der Waals surface area contributed by atoms with E-state index in [1.54, 1.807) is 6.07 Å². The molecular weight excluding hydrogens is 266 g/mol. The maximum atomic E-state index is 12.7. The predicted octanol–water partition coefficient (Wildman–Crippen LogP) is 3.35. The van der Waals surface area contributed by atoms with E-state index in [9.17, 15) is 9.59 Å². The zero-order chi connectivity index (χ0) is 16.0. The van der Waals surface area contributed by atoms with Crippen LogP contribution in [0.1, 0.15) is 48.7 Å². The summed E-state index contributed by atoms with van der Waals surface area (Å²) in [6.07, 6.45) is 3.47. The lowest BCUT2D eigenvalue weighted by Crippen LogP contribution is -2.38. The van der Waals surface area contributed by atoms with Crippen molar-refractivity contribution in [3.8, 4) is 0 Å². The summed E-state index contributed by atoms with van der Waals surface area (Å²) in [6.45, 7) is 8.60. The number of rotatable bonds is 6. The summed E-state index contributed by atoms with van der Waals surface area (Å²) >= 11 is 0. The summed E-state index contributed by atoms with van der Waals surface area (Å²) in [5.74, 6) is -1.01. The van der Waals surface area contributed by atoms with E-state index in [2.05, 4.69) is 6.92 Å². The van der Waals surface area contributed by atoms with Gasteiger partial charge in [-0.05, 0) is 50.5 Å². The Kier molecular flexibility index (Phi) is 6.15. The number of hydrogen-bond donors (Lipinski definition) is 1. The van der Waals surface area contributed by atoms with Crippen molar-refractivity contribution in [2.75, 3.05) is 6.54 Å². The molecule has 1 aromatic rings. The summed E-state index contributed by atoms with van der Waals surface area (Å²) < 4.78 is 0. The van der Waals surface area contributed by atoms with Crippen LogP contribution in [-0.4, -0.2) is 34.5 Å². The molecule has 0 aliphatic rings. The van der Waals surface area contributed by atoms with Gasteiger partial charge in [0.1, 0.15) is 0 Å². The normalized spacial score (nSPS) is 12.4. The molecule has 0 saturated heterocycles. The molecule has 114 valence electrons. The van der Waals surface area contributed by atoms with Crippen LogP contribution in [0.4, 0.5) is 0 Å². The molecule has 0 aliphatic carbocycles. The Hall–Kier alpha value is -2.10. The minimum atomic E-state index is -1.00. The van der Waals surface area contributed by atoms with Crippen molar-refractivity contribution in [3.63, 3.8) is 0 Å². The summed E-state index contributed by atoms with van der Waals surface area (Å²) in [5.41, 5.74) is 2.24. The highest BCUT2D eigenvalue weighted by atomic mass is 16.4. The van der Waals surface area contributed by atoms with Crippen molar-refractivity contribution in [1.29, 1.82) is 0 Å². The first-order valence-corrected chi connectivity index (χ1v) is 7.23. The number of hydrogen-bond acceptors (Lipinski definition) is 2. The van der Waals surface area contributed by atoms with Crippen LogP contribution in [-0.2, 0) is 4.79 Å². The van der Waals surface area contributed by atoms with Gasteiger partial charge in [0, 0.05) is 24.2 Å². The summed E-state index contributed by atoms with van der Waals surface area (Å²) in [6, 6.07) is 5.59. The molecule has 1 rings (SSSR count). The standard InChI is InChI=1S/C17H23NO3/c1-5-13(4)18(6-2)17(21)15-11-14(8-7-12(15)3)9-10-16(19)20/h7-11,13H,5-6H2,1-4H3,(H,19,20). The lowest BCUT2D eigenvalue weighted by Gasteiger charge is -2.28. The number of nitrogens with zero attached hydrogens (tertiary/aromatic N) is 1. The number of aliphatic carboxylic acids is 1. The molecule has 0 fully saturated rings. The van der Waals surface area contributed by atoms with Gasteiger partial charge in [0.05, 0.1) is 0 Å². The van der Waals surface area contributed by atoms with E-state index >= 15 is 0 Å². The van der Waals surface area contributed by atoms with Crippen molar-refractivity contribution in [3.05, 3.63) is 41.0 Å². The molecule has 1 amide bonds. The van der Waals surface area contributed by atoms with E-state index in [0.717, 1.165) is 18.1 Å². The molecular formula is C17H23NO3. The van der Waals surface area contributed by atoms with Gasteiger partial charge in [-0.15, -0.1) is 0 Å². The van der Waals surface area contributed by atoms with Gasteiger partial charge >= 0.3 is 5.97 Å². The van der Waals surface area contributed by atoms with E-state index in [0.29, 0.717) is 17.7 Å².